The molecule has 0 bridgehead atoms. The maximum absolute atomic E-state index is 13.0. The molecule has 0 aliphatic rings. The van der Waals surface area contributed by atoms with E-state index < -0.39 is 0 Å². The summed E-state index contributed by atoms with van der Waals surface area (Å²) < 4.78 is 0. The van der Waals surface area contributed by atoms with Gasteiger partial charge in [-0.05, 0) is 44.3 Å². The molecule has 5 heteroatoms. The van der Waals surface area contributed by atoms with Gasteiger partial charge in [0, 0.05) is 35.9 Å². The lowest BCUT2D eigenvalue weighted by molar-refractivity contribution is 0.0936. The third kappa shape index (κ3) is 4.31. The van der Waals surface area contributed by atoms with Gasteiger partial charge in [0.25, 0.3) is 5.91 Å². The van der Waals surface area contributed by atoms with E-state index in [9.17, 15) is 4.79 Å². The fourth-order valence-electron chi connectivity index (χ4n) is 3.33. The first-order valence-electron chi connectivity index (χ1n) is 9.22. The minimum atomic E-state index is -0.0776. The van der Waals surface area contributed by atoms with Crippen LogP contribution in [0.2, 0.25) is 0 Å². The highest BCUT2D eigenvalue weighted by Crippen LogP contribution is 2.24. The summed E-state index contributed by atoms with van der Waals surface area (Å²) in [5, 5.41) is 3.96. The molecule has 2 aromatic heterocycles. The largest absolute Gasteiger partial charge is 0.350 e. The molecule has 1 unspecified atom stereocenters. The maximum Gasteiger partial charge on any atom is 0.252 e. The van der Waals surface area contributed by atoms with Crippen molar-refractivity contribution in [2.75, 3.05) is 20.6 Å². The van der Waals surface area contributed by atoms with E-state index in [1.165, 1.54) is 0 Å². The van der Waals surface area contributed by atoms with Crippen LogP contribution in [0.15, 0.2) is 54.9 Å². The molecule has 0 aliphatic carbocycles. The third-order valence-electron chi connectivity index (χ3n) is 4.82. The van der Waals surface area contributed by atoms with E-state index in [4.69, 9.17) is 4.98 Å². The second-order valence-electron chi connectivity index (χ2n) is 7.30. The number of aromatic nitrogens is 2. The normalized spacial score (nSPS) is 12.5. The molecule has 140 valence electrons. The highest BCUT2D eigenvalue weighted by Gasteiger charge is 2.19. The molecule has 0 aliphatic heterocycles. The average molecular weight is 362 g/mol. The maximum atomic E-state index is 13.0. The fourth-order valence-corrected chi connectivity index (χ4v) is 3.33. The Kier molecular flexibility index (Phi) is 5.81. The molecule has 5 nitrogen and oxygen atoms in total. The molecular formula is C22H26N4O. The van der Waals surface area contributed by atoms with Crippen LogP contribution in [0.3, 0.4) is 0 Å². The number of benzene rings is 1. The Morgan fingerprint density at radius 3 is 2.59 bits per heavy atom. The van der Waals surface area contributed by atoms with Gasteiger partial charge in [-0.25, -0.2) is 4.98 Å². The van der Waals surface area contributed by atoms with Crippen molar-refractivity contribution in [2.45, 2.75) is 19.9 Å². The summed E-state index contributed by atoms with van der Waals surface area (Å²) in [4.78, 5) is 24.0. The van der Waals surface area contributed by atoms with Crippen molar-refractivity contribution in [1.29, 1.82) is 0 Å². The van der Waals surface area contributed by atoms with Gasteiger partial charge in [-0.15, -0.1) is 0 Å². The molecule has 1 aromatic carbocycles. The first-order valence-corrected chi connectivity index (χ1v) is 9.22. The van der Waals surface area contributed by atoms with Gasteiger partial charge in [0.1, 0.15) is 0 Å². The second-order valence-corrected chi connectivity index (χ2v) is 7.30. The van der Waals surface area contributed by atoms with Crippen LogP contribution < -0.4 is 5.32 Å². The zero-order chi connectivity index (χ0) is 19.4. The Hall–Kier alpha value is -2.79. The molecule has 0 saturated heterocycles. The summed E-state index contributed by atoms with van der Waals surface area (Å²) >= 11 is 0. The number of nitrogens with one attached hydrogen (secondary N) is 1. The fraction of sp³-hybridized carbons (Fsp3) is 0.318. The zero-order valence-electron chi connectivity index (χ0n) is 16.3. The average Bonchev–Trinajstić information content (AvgIpc) is 2.67. The predicted octanol–water partition coefficient (Wildman–Crippen LogP) is 3.61. The minimum absolute atomic E-state index is 0.0776. The molecule has 1 N–H and O–H groups in total. The summed E-state index contributed by atoms with van der Waals surface area (Å²) in [6.45, 7) is 4.93. The Labute approximate surface area is 160 Å². The van der Waals surface area contributed by atoms with Gasteiger partial charge in [0.2, 0.25) is 0 Å². The lowest BCUT2D eigenvalue weighted by atomic mass is 10.0. The predicted molar refractivity (Wildman–Crippen MR) is 110 cm³/mol. The van der Waals surface area contributed by atoms with E-state index in [-0.39, 0.29) is 11.9 Å². The first kappa shape index (κ1) is 19.0. The van der Waals surface area contributed by atoms with Crippen molar-refractivity contribution in [1.82, 2.24) is 20.2 Å². The van der Waals surface area contributed by atoms with Crippen LogP contribution in [0.1, 0.15) is 24.2 Å². The summed E-state index contributed by atoms with van der Waals surface area (Å²) in [6, 6.07) is 13.7. The van der Waals surface area contributed by atoms with E-state index in [1.807, 2.05) is 56.6 Å². The van der Waals surface area contributed by atoms with Gasteiger partial charge in [0.05, 0.1) is 16.8 Å². The summed E-state index contributed by atoms with van der Waals surface area (Å²) in [6.07, 6.45) is 3.49. The van der Waals surface area contributed by atoms with E-state index in [0.29, 0.717) is 18.0 Å². The van der Waals surface area contributed by atoms with Crippen LogP contribution in [0, 0.1) is 5.92 Å². The van der Waals surface area contributed by atoms with Crippen molar-refractivity contribution >= 4 is 16.8 Å². The summed E-state index contributed by atoms with van der Waals surface area (Å²) in [5.41, 5.74) is 3.09. The lowest BCUT2D eigenvalue weighted by Crippen LogP contribution is -2.43. The number of likely N-dealkylation sites (N-methyl/N-ethyl adjacent to an activating group) is 1. The lowest BCUT2D eigenvalue weighted by Gasteiger charge is -2.28. The molecule has 2 heterocycles. The van der Waals surface area contributed by atoms with Gasteiger partial charge in [0.15, 0.2) is 0 Å². The van der Waals surface area contributed by atoms with Gasteiger partial charge in [-0.3, -0.25) is 9.78 Å². The molecular weight excluding hydrogens is 336 g/mol. The van der Waals surface area contributed by atoms with Gasteiger partial charge >= 0.3 is 0 Å². The number of nitrogens with zero attached hydrogens (tertiary/aromatic N) is 3. The second kappa shape index (κ2) is 8.27. The number of carbonyl (C=O) groups excluding carboxylic acids is 1. The van der Waals surface area contributed by atoms with Gasteiger partial charge in [-0.1, -0.05) is 32.0 Å². The number of fused-ring (bicyclic) bond motifs is 1. The van der Waals surface area contributed by atoms with Crippen LogP contribution in [0.4, 0.5) is 0 Å². The molecule has 0 fully saturated rings. The Morgan fingerprint density at radius 2 is 1.93 bits per heavy atom. The number of amides is 1. The summed E-state index contributed by atoms with van der Waals surface area (Å²) in [7, 11) is 4.08. The van der Waals surface area contributed by atoms with Crippen LogP contribution in [-0.2, 0) is 0 Å². The smallest absolute Gasteiger partial charge is 0.252 e. The van der Waals surface area contributed by atoms with E-state index in [1.54, 1.807) is 12.4 Å². The molecule has 27 heavy (non-hydrogen) atoms. The van der Waals surface area contributed by atoms with Crippen LogP contribution in [0.25, 0.3) is 22.2 Å². The SMILES string of the molecule is CC(C)C(CNC(=O)c1cc(-c2cccnc2)nc2ccccc12)N(C)C. The first-order chi connectivity index (χ1) is 13.0. The van der Waals surface area contributed by atoms with Crippen LogP contribution >= 0.6 is 0 Å². The zero-order valence-corrected chi connectivity index (χ0v) is 16.3. The quantitative estimate of drug-likeness (QED) is 0.728. The standard InChI is InChI=1S/C22H26N4O/c1-15(2)21(26(3)4)14-24-22(27)18-12-20(16-8-7-11-23-13-16)25-19-10-6-5-9-17(18)19/h5-13,15,21H,14H2,1-4H3,(H,24,27). The van der Waals surface area contributed by atoms with Gasteiger partial charge in [-0.2, -0.15) is 0 Å². The minimum Gasteiger partial charge on any atom is -0.350 e. The Morgan fingerprint density at radius 1 is 1.15 bits per heavy atom. The van der Waals surface area contributed by atoms with E-state index in [0.717, 1.165) is 22.2 Å². The van der Waals surface area contributed by atoms with Crippen molar-refractivity contribution in [2.24, 2.45) is 5.92 Å². The molecule has 0 radical (unpaired) electrons. The topological polar surface area (TPSA) is 58.1 Å². The van der Waals surface area contributed by atoms with Crippen molar-refractivity contribution in [3.63, 3.8) is 0 Å². The number of para-hydroxylation sites is 1. The molecule has 1 atom stereocenters. The van der Waals surface area contributed by atoms with E-state index in [2.05, 4.69) is 29.0 Å². The number of hydrogen-bond donors (Lipinski definition) is 1. The molecule has 1 amide bonds. The van der Waals surface area contributed by atoms with Gasteiger partial charge < -0.3 is 10.2 Å². The van der Waals surface area contributed by atoms with Crippen LogP contribution in [0.5, 0.6) is 0 Å². The van der Waals surface area contributed by atoms with Crippen LogP contribution in [-0.4, -0.2) is 47.5 Å². The highest BCUT2D eigenvalue weighted by molar-refractivity contribution is 6.07. The van der Waals surface area contributed by atoms with Crippen molar-refractivity contribution < 1.29 is 4.79 Å². The summed E-state index contributed by atoms with van der Waals surface area (Å²) in [5.74, 6) is 0.367. The molecule has 0 saturated carbocycles. The van der Waals surface area contributed by atoms with Crippen molar-refractivity contribution in [3.05, 3.63) is 60.4 Å². The van der Waals surface area contributed by atoms with Crippen molar-refractivity contribution in [3.8, 4) is 11.3 Å². The number of rotatable bonds is 6. The number of pyridine rings is 2. The molecule has 0 spiro atoms. The van der Waals surface area contributed by atoms with E-state index >= 15 is 0 Å². The highest BCUT2D eigenvalue weighted by atomic mass is 16.1. The monoisotopic (exact) mass is 362 g/mol. The molecule has 3 rings (SSSR count). The number of hydrogen-bond acceptors (Lipinski definition) is 4. The Bertz CT molecular complexity index is 914. The third-order valence-corrected chi connectivity index (χ3v) is 4.82. The Balaban J connectivity index is 1.96. The molecule has 3 aromatic rings. The number of carbonyl (C=O) groups is 1.